The van der Waals surface area contributed by atoms with Crippen LogP contribution in [-0.2, 0) is 10.8 Å². The van der Waals surface area contributed by atoms with E-state index < -0.39 is 5.97 Å². The quantitative estimate of drug-likeness (QED) is 0.650. The van der Waals surface area contributed by atoms with E-state index in [1.54, 1.807) is 0 Å². The lowest BCUT2D eigenvalue weighted by molar-refractivity contribution is 0.0696. The largest absolute Gasteiger partial charge is 0.478 e. The lowest BCUT2D eigenvalue weighted by atomic mass is 9.67. The zero-order valence-electron chi connectivity index (χ0n) is 16.7. The molecule has 4 nitrogen and oxygen atoms in total. The van der Waals surface area contributed by atoms with Gasteiger partial charge in [-0.3, -0.25) is 4.79 Å². The molecule has 0 fully saturated rings. The second kappa shape index (κ2) is 6.78. The van der Waals surface area contributed by atoms with Crippen LogP contribution in [0.5, 0.6) is 0 Å². The summed E-state index contributed by atoms with van der Waals surface area (Å²) in [5.74, 6) is -1.45. The highest BCUT2D eigenvalue weighted by Gasteiger charge is 2.33. The Morgan fingerprint density at radius 3 is 2.07 bits per heavy atom. The smallest absolute Gasteiger partial charge is 0.337 e. The minimum Gasteiger partial charge on any atom is -0.478 e. The van der Waals surface area contributed by atoms with Gasteiger partial charge < -0.3 is 10.4 Å². The summed E-state index contributed by atoms with van der Waals surface area (Å²) in [6.07, 6.45) is 4.44. The molecule has 1 aliphatic rings. The molecule has 1 aliphatic carbocycles. The number of hydrogen-bond acceptors (Lipinski definition) is 2. The highest BCUT2D eigenvalue weighted by molar-refractivity contribution is 6.34. The molecule has 2 N–H and O–H groups in total. The van der Waals surface area contributed by atoms with Crippen LogP contribution in [0.25, 0.3) is 0 Å². The molecule has 0 atom stereocenters. The first-order valence-electron chi connectivity index (χ1n) is 9.12. The number of fused-ring (bicyclic) bond motifs is 1. The van der Waals surface area contributed by atoms with Crippen LogP contribution in [0.15, 0.2) is 42.5 Å². The minimum atomic E-state index is -1.12. The number of anilines is 1. The third kappa shape index (κ3) is 3.57. The number of carbonyl (C=O) groups excluding carboxylic acids is 1. The van der Waals surface area contributed by atoms with Crippen LogP contribution in [-0.4, -0.2) is 17.0 Å². The summed E-state index contributed by atoms with van der Waals surface area (Å²) in [5, 5.41) is 12.1. The van der Waals surface area contributed by atoms with Crippen LogP contribution < -0.4 is 5.32 Å². The Morgan fingerprint density at radius 2 is 1.54 bits per heavy atom. The first-order valence-corrected chi connectivity index (χ1v) is 9.50. The predicted molar refractivity (Wildman–Crippen MR) is 113 cm³/mol. The third-order valence-electron chi connectivity index (χ3n) is 5.38. The molecule has 0 aromatic heterocycles. The van der Waals surface area contributed by atoms with Crippen molar-refractivity contribution in [2.24, 2.45) is 0 Å². The molecule has 0 bridgehead atoms. The number of amides is 1. The summed E-state index contributed by atoms with van der Waals surface area (Å²) in [7, 11) is 0. The number of benzene rings is 2. The van der Waals surface area contributed by atoms with Gasteiger partial charge in [-0.25, -0.2) is 4.79 Å². The highest BCUT2D eigenvalue weighted by Crippen LogP contribution is 2.43. The molecule has 2 aromatic rings. The minimum absolute atomic E-state index is 0.0288. The Morgan fingerprint density at radius 1 is 0.964 bits per heavy atom. The summed E-state index contributed by atoms with van der Waals surface area (Å²) in [6, 6.07) is 8.37. The number of nitrogens with one attached hydrogen (secondary N) is 1. The topological polar surface area (TPSA) is 66.4 Å². The number of halogens is 1. The molecular weight excluding hydrogens is 374 g/mol. The van der Waals surface area contributed by atoms with Crippen molar-refractivity contribution in [3.05, 3.63) is 75.3 Å². The van der Waals surface area contributed by atoms with E-state index in [0.717, 1.165) is 11.3 Å². The fraction of sp³-hybridized carbons (Fsp3) is 0.304. The molecule has 1 amide bonds. The van der Waals surface area contributed by atoms with Gasteiger partial charge in [0.05, 0.1) is 10.6 Å². The Hall–Kier alpha value is -2.59. The number of allylic oxidation sites excluding steroid dienone is 2. The number of aryl methyl sites for hydroxylation is 1. The fourth-order valence-corrected chi connectivity index (χ4v) is 3.79. The lowest BCUT2D eigenvalue weighted by Gasteiger charge is -2.37. The van der Waals surface area contributed by atoms with Gasteiger partial charge in [0.1, 0.15) is 0 Å². The van der Waals surface area contributed by atoms with Crippen molar-refractivity contribution in [1.82, 2.24) is 0 Å². The SMILES string of the molecule is Cc1cc2c(cc1NC(=O)c1ccc(C(=O)O)c(Cl)c1)C(C)(C)C=CC2(C)C. The maximum Gasteiger partial charge on any atom is 0.337 e. The Bertz CT molecular complexity index is 1020. The van der Waals surface area contributed by atoms with Gasteiger partial charge >= 0.3 is 5.97 Å². The van der Waals surface area contributed by atoms with Gasteiger partial charge in [0.2, 0.25) is 0 Å². The Balaban J connectivity index is 1.97. The zero-order chi connectivity index (χ0) is 20.9. The Kier molecular flexibility index (Phi) is 4.88. The average Bonchev–Trinajstić information content (AvgIpc) is 2.60. The van der Waals surface area contributed by atoms with Crippen molar-refractivity contribution >= 4 is 29.2 Å². The molecule has 0 radical (unpaired) electrons. The molecular formula is C23H24ClNO3. The van der Waals surface area contributed by atoms with Gasteiger partial charge in [0.25, 0.3) is 5.91 Å². The standard InChI is InChI=1S/C23H24ClNO3/c1-13-10-16-17(23(4,5)9-8-22(16,2)3)12-19(13)25-20(26)14-6-7-15(21(27)28)18(24)11-14/h6-12H,1-5H3,(H,25,26)(H,27,28). The van der Waals surface area contributed by atoms with Crippen molar-refractivity contribution in [2.75, 3.05) is 5.32 Å². The van der Waals surface area contributed by atoms with Crippen LogP contribution in [0.3, 0.4) is 0 Å². The highest BCUT2D eigenvalue weighted by atomic mass is 35.5. The third-order valence-corrected chi connectivity index (χ3v) is 5.69. The number of carboxylic acids is 1. The summed E-state index contributed by atoms with van der Waals surface area (Å²) >= 11 is 6.00. The summed E-state index contributed by atoms with van der Waals surface area (Å²) in [6.45, 7) is 10.6. The van der Waals surface area contributed by atoms with Gasteiger partial charge in [-0.1, -0.05) is 57.5 Å². The summed E-state index contributed by atoms with van der Waals surface area (Å²) in [4.78, 5) is 23.8. The monoisotopic (exact) mass is 397 g/mol. The van der Waals surface area contributed by atoms with Crippen molar-refractivity contribution in [3.8, 4) is 0 Å². The van der Waals surface area contributed by atoms with E-state index in [-0.39, 0.29) is 27.3 Å². The van der Waals surface area contributed by atoms with E-state index in [2.05, 4.69) is 51.2 Å². The van der Waals surface area contributed by atoms with Crippen LogP contribution in [0.4, 0.5) is 5.69 Å². The molecule has 28 heavy (non-hydrogen) atoms. The van der Waals surface area contributed by atoms with Gasteiger partial charge in [0.15, 0.2) is 0 Å². The normalized spacial score (nSPS) is 16.4. The molecule has 146 valence electrons. The van der Waals surface area contributed by atoms with Gasteiger partial charge in [-0.2, -0.15) is 0 Å². The Labute approximate surface area is 170 Å². The second-order valence-corrected chi connectivity index (χ2v) is 8.85. The fourth-order valence-electron chi connectivity index (χ4n) is 3.53. The van der Waals surface area contributed by atoms with Crippen LogP contribution >= 0.6 is 11.6 Å². The number of carboxylic acid groups (broad SMARTS) is 1. The molecule has 0 unspecified atom stereocenters. The van der Waals surface area contributed by atoms with E-state index in [0.29, 0.717) is 5.56 Å². The second-order valence-electron chi connectivity index (χ2n) is 8.44. The zero-order valence-corrected chi connectivity index (χ0v) is 17.4. The summed E-state index contributed by atoms with van der Waals surface area (Å²) in [5.41, 5.74) is 4.22. The number of aromatic carboxylic acids is 1. The molecule has 2 aromatic carbocycles. The maximum absolute atomic E-state index is 12.7. The van der Waals surface area contributed by atoms with E-state index in [9.17, 15) is 9.59 Å². The van der Waals surface area contributed by atoms with Crippen molar-refractivity contribution in [2.45, 2.75) is 45.4 Å². The first-order chi connectivity index (χ1) is 12.9. The van der Waals surface area contributed by atoms with Crippen molar-refractivity contribution in [1.29, 1.82) is 0 Å². The van der Waals surface area contributed by atoms with E-state index in [4.69, 9.17) is 16.7 Å². The van der Waals surface area contributed by atoms with Crippen molar-refractivity contribution in [3.63, 3.8) is 0 Å². The predicted octanol–water partition coefficient (Wildman–Crippen LogP) is 5.72. The van der Waals surface area contributed by atoms with Crippen LogP contribution in [0.1, 0.15) is 65.1 Å². The molecule has 0 saturated heterocycles. The van der Waals surface area contributed by atoms with Crippen LogP contribution in [0, 0.1) is 6.92 Å². The number of carbonyl (C=O) groups is 2. The van der Waals surface area contributed by atoms with E-state index in [1.165, 1.54) is 29.3 Å². The van der Waals surface area contributed by atoms with Gasteiger partial charge in [-0.05, 0) is 47.9 Å². The molecule has 3 rings (SSSR count). The molecule has 0 aliphatic heterocycles. The van der Waals surface area contributed by atoms with Crippen molar-refractivity contribution < 1.29 is 14.7 Å². The van der Waals surface area contributed by atoms with E-state index >= 15 is 0 Å². The molecule has 0 heterocycles. The molecule has 0 saturated carbocycles. The van der Waals surface area contributed by atoms with E-state index in [1.807, 2.05) is 13.0 Å². The average molecular weight is 398 g/mol. The van der Waals surface area contributed by atoms with Gasteiger partial charge in [0, 0.05) is 22.1 Å². The number of rotatable bonds is 3. The van der Waals surface area contributed by atoms with Crippen LogP contribution in [0.2, 0.25) is 5.02 Å². The molecule has 0 spiro atoms. The van der Waals surface area contributed by atoms with Gasteiger partial charge in [-0.15, -0.1) is 0 Å². The lowest BCUT2D eigenvalue weighted by Crippen LogP contribution is -2.29. The number of hydrogen-bond donors (Lipinski definition) is 2. The first kappa shape index (κ1) is 20.2. The maximum atomic E-state index is 12.7. The molecule has 5 heteroatoms. The summed E-state index contributed by atoms with van der Waals surface area (Å²) < 4.78 is 0.